The highest BCUT2D eigenvalue weighted by Gasteiger charge is 2.36. The first-order valence-corrected chi connectivity index (χ1v) is 15.2. The van der Waals surface area contributed by atoms with Gasteiger partial charge in [0.25, 0.3) is 0 Å². The summed E-state index contributed by atoms with van der Waals surface area (Å²) in [7, 11) is -1.61. The number of rotatable bonds is 9. The maximum absolute atomic E-state index is 13.1. The Balaban J connectivity index is 2.45. The molecule has 1 fully saturated rings. The van der Waals surface area contributed by atoms with Gasteiger partial charge in [-0.1, -0.05) is 86.5 Å². The lowest BCUT2D eigenvalue weighted by Gasteiger charge is -2.37. The molecule has 0 N–H and O–H groups in total. The lowest BCUT2D eigenvalue weighted by Crippen LogP contribution is -2.46. The van der Waals surface area contributed by atoms with Crippen LogP contribution in [0.15, 0.2) is 0 Å². The van der Waals surface area contributed by atoms with E-state index >= 15 is 0 Å². The van der Waals surface area contributed by atoms with Gasteiger partial charge < -0.3 is 9.33 Å². The Morgan fingerprint density at radius 2 is 1.38 bits per heavy atom. The van der Waals surface area contributed by atoms with Crippen LogP contribution >= 0.6 is 0 Å². The van der Waals surface area contributed by atoms with Crippen molar-refractivity contribution >= 4 is 14.2 Å². The van der Waals surface area contributed by atoms with Gasteiger partial charge in [-0.15, -0.1) is 0 Å². The molecular formula is C25H51NO2Si. The van der Waals surface area contributed by atoms with Crippen LogP contribution in [0, 0.1) is 5.41 Å². The van der Waals surface area contributed by atoms with E-state index in [-0.39, 0.29) is 5.41 Å². The highest BCUT2D eigenvalue weighted by molar-refractivity contribution is 6.74. The van der Waals surface area contributed by atoms with E-state index in [0.29, 0.717) is 17.0 Å². The Morgan fingerprint density at radius 3 is 1.90 bits per heavy atom. The van der Waals surface area contributed by atoms with Crippen molar-refractivity contribution < 1.29 is 9.22 Å². The first-order chi connectivity index (χ1) is 13.4. The fourth-order valence-corrected chi connectivity index (χ4v) is 5.00. The smallest absolute Gasteiger partial charge is 0.228 e. The zero-order chi connectivity index (χ0) is 22.1. The Labute approximate surface area is 183 Å². The Kier molecular flexibility index (Phi) is 10.9. The van der Waals surface area contributed by atoms with Crippen molar-refractivity contribution in [3.63, 3.8) is 0 Å². The lowest BCUT2D eigenvalue weighted by molar-refractivity contribution is -0.142. The van der Waals surface area contributed by atoms with Gasteiger partial charge in [0.1, 0.15) is 0 Å². The zero-order valence-electron chi connectivity index (χ0n) is 21.0. The molecule has 0 aromatic carbocycles. The minimum absolute atomic E-state index is 0.278. The predicted molar refractivity (Wildman–Crippen MR) is 129 cm³/mol. The van der Waals surface area contributed by atoms with Crippen molar-refractivity contribution in [2.24, 2.45) is 5.41 Å². The van der Waals surface area contributed by atoms with Gasteiger partial charge in [-0.25, -0.2) is 0 Å². The van der Waals surface area contributed by atoms with Crippen LogP contribution in [-0.4, -0.2) is 38.3 Å². The summed E-state index contributed by atoms with van der Waals surface area (Å²) in [6.45, 7) is 19.6. The van der Waals surface area contributed by atoms with Gasteiger partial charge in [-0.2, -0.15) is 0 Å². The number of hydrogen-bond donors (Lipinski definition) is 0. The SMILES string of the molecule is CC(C)(C)C(=O)N(CCCCCCO[Si](C)(C)C(C)(C)C)C1CCCCCCC1. The molecule has 4 heteroatoms. The molecule has 1 aliphatic rings. The summed E-state index contributed by atoms with van der Waals surface area (Å²) in [5.74, 6) is 0.351. The van der Waals surface area contributed by atoms with Gasteiger partial charge in [0, 0.05) is 24.6 Å². The largest absolute Gasteiger partial charge is 0.417 e. The predicted octanol–water partition coefficient (Wildman–Crippen LogP) is 7.56. The van der Waals surface area contributed by atoms with Crippen LogP contribution in [0.25, 0.3) is 0 Å². The van der Waals surface area contributed by atoms with Crippen LogP contribution in [0.4, 0.5) is 0 Å². The summed E-state index contributed by atoms with van der Waals surface area (Å²) in [4.78, 5) is 15.4. The van der Waals surface area contributed by atoms with Crippen LogP contribution < -0.4 is 0 Å². The second-order valence-corrected chi connectivity index (χ2v) is 16.6. The monoisotopic (exact) mass is 425 g/mol. The third-order valence-corrected chi connectivity index (χ3v) is 11.5. The molecule has 0 radical (unpaired) electrons. The topological polar surface area (TPSA) is 29.5 Å². The molecule has 0 heterocycles. The molecule has 1 saturated carbocycles. The van der Waals surface area contributed by atoms with Gasteiger partial charge in [0.15, 0.2) is 8.32 Å². The molecule has 0 unspecified atom stereocenters. The maximum Gasteiger partial charge on any atom is 0.228 e. The summed E-state index contributed by atoms with van der Waals surface area (Å²) in [6.07, 6.45) is 13.7. The molecular weight excluding hydrogens is 374 g/mol. The van der Waals surface area contributed by atoms with E-state index in [2.05, 4.69) is 59.5 Å². The Morgan fingerprint density at radius 1 is 0.862 bits per heavy atom. The first kappa shape index (κ1) is 26.7. The van der Waals surface area contributed by atoms with Crippen molar-refractivity contribution in [3.8, 4) is 0 Å². The number of unbranched alkanes of at least 4 members (excludes halogenated alkanes) is 3. The minimum Gasteiger partial charge on any atom is -0.417 e. The molecule has 172 valence electrons. The van der Waals surface area contributed by atoms with Crippen molar-refractivity contribution in [1.29, 1.82) is 0 Å². The number of carbonyl (C=O) groups excluding carboxylic acids is 1. The Hall–Kier alpha value is -0.353. The second-order valence-electron chi connectivity index (χ2n) is 11.8. The van der Waals surface area contributed by atoms with E-state index in [1.165, 1.54) is 57.8 Å². The highest BCUT2D eigenvalue weighted by Crippen LogP contribution is 2.36. The third kappa shape index (κ3) is 9.55. The van der Waals surface area contributed by atoms with E-state index in [1.807, 2.05) is 0 Å². The number of carbonyl (C=O) groups is 1. The van der Waals surface area contributed by atoms with Gasteiger partial charge in [0.2, 0.25) is 5.91 Å². The molecule has 0 bridgehead atoms. The van der Waals surface area contributed by atoms with E-state index < -0.39 is 8.32 Å². The molecule has 3 nitrogen and oxygen atoms in total. The lowest BCUT2D eigenvalue weighted by atomic mass is 9.90. The zero-order valence-corrected chi connectivity index (χ0v) is 22.0. The first-order valence-electron chi connectivity index (χ1n) is 12.3. The molecule has 1 amide bonds. The van der Waals surface area contributed by atoms with Crippen LogP contribution in [0.1, 0.15) is 112 Å². The average molecular weight is 426 g/mol. The van der Waals surface area contributed by atoms with Crippen LogP contribution in [-0.2, 0) is 9.22 Å². The number of nitrogens with zero attached hydrogens (tertiary/aromatic N) is 1. The van der Waals surface area contributed by atoms with Crippen molar-refractivity contribution in [2.45, 2.75) is 136 Å². The molecule has 0 spiro atoms. The molecule has 0 aromatic rings. The van der Waals surface area contributed by atoms with Crippen LogP contribution in [0.5, 0.6) is 0 Å². The third-order valence-electron chi connectivity index (χ3n) is 6.98. The average Bonchev–Trinajstić information content (AvgIpc) is 2.55. The van der Waals surface area contributed by atoms with Gasteiger partial charge in [-0.3, -0.25) is 4.79 Å². The van der Waals surface area contributed by atoms with Crippen LogP contribution in [0.2, 0.25) is 18.1 Å². The number of hydrogen-bond acceptors (Lipinski definition) is 2. The summed E-state index contributed by atoms with van der Waals surface area (Å²) in [5.41, 5.74) is -0.278. The summed E-state index contributed by atoms with van der Waals surface area (Å²) < 4.78 is 6.30. The second kappa shape index (κ2) is 11.9. The molecule has 29 heavy (non-hydrogen) atoms. The van der Waals surface area contributed by atoms with Gasteiger partial charge >= 0.3 is 0 Å². The quantitative estimate of drug-likeness (QED) is 0.282. The molecule has 0 saturated heterocycles. The van der Waals surface area contributed by atoms with Crippen LogP contribution in [0.3, 0.4) is 0 Å². The number of amides is 1. The van der Waals surface area contributed by atoms with Crippen molar-refractivity contribution in [3.05, 3.63) is 0 Å². The van der Waals surface area contributed by atoms with Crippen molar-refractivity contribution in [2.75, 3.05) is 13.2 Å². The molecule has 1 aliphatic carbocycles. The molecule has 1 rings (SSSR count). The summed E-state index contributed by atoms with van der Waals surface area (Å²) in [5, 5.41) is 0.290. The molecule has 0 aromatic heterocycles. The molecule has 0 aliphatic heterocycles. The van der Waals surface area contributed by atoms with E-state index in [9.17, 15) is 4.79 Å². The normalized spacial score (nSPS) is 17.7. The van der Waals surface area contributed by atoms with E-state index in [1.54, 1.807) is 0 Å². The standard InChI is InChI=1S/C25H51NO2Si/c1-24(2,3)23(27)26(22-18-14-10-9-11-15-19-22)20-16-12-13-17-21-28-29(7,8)25(4,5)6/h22H,9-21H2,1-8H3. The van der Waals surface area contributed by atoms with E-state index in [0.717, 1.165) is 26.0 Å². The van der Waals surface area contributed by atoms with Gasteiger partial charge in [0.05, 0.1) is 0 Å². The van der Waals surface area contributed by atoms with Gasteiger partial charge in [-0.05, 0) is 43.8 Å². The highest BCUT2D eigenvalue weighted by atomic mass is 28.4. The maximum atomic E-state index is 13.1. The fraction of sp³-hybridized carbons (Fsp3) is 0.960. The fourth-order valence-electron chi connectivity index (χ4n) is 3.91. The summed E-state index contributed by atoms with van der Waals surface area (Å²) >= 11 is 0. The summed E-state index contributed by atoms with van der Waals surface area (Å²) in [6, 6.07) is 0.462. The van der Waals surface area contributed by atoms with Crippen molar-refractivity contribution in [1.82, 2.24) is 4.90 Å². The Bertz CT molecular complexity index is 468. The molecule has 0 atom stereocenters. The van der Waals surface area contributed by atoms with E-state index in [4.69, 9.17) is 4.43 Å². The minimum atomic E-state index is -1.61.